The summed E-state index contributed by atoms with van der Waals surface area (Å²) in [4.78, 5) is 14.4. The minimum absolute atomic E-state index is 0. The monoisotopic (exact) mass is 346 g/mol. The Morgan fingerprint density at radius 1 is 1.50 bits per heavy atom. The fourth-order valence-corrected chi connectivity index (χ4v) is 2.88. The Morgan fingerprint density at radius 2 is 2.23 bits per heavy atom. The van der Waals surface area contributed by atoms with Crippen molar-refractivity contribution in [2.75, 3.05) is 20.1 Å². The highest BCUT2D eigenvalue weighted by atomic mass is 35.5. The van der Waals surface area contributed by atoms with Crippen LogP contribution < -0.4 is 10.1 Å². The SMILES string of the molecule is CNC1CCCN(C(=O)C(C)Oc2ccc(Cl)cc2C)C1.Cl. The number of amides is 1. The number of piperidine rings is 1. The summed E-state index contributed by atoms with van der Waals surface area (Å²) >= 11 is 5.93. The van der Waals surface area contributed by atoms with Crippen LogP contribution in [-0.2, 0) is 4.79 Å². The van der Waals surface area contributed by atoms with Crippen molar-refractivity contribution in [3.05, 3.63) is 28.8 Å². The number of carbonyl (C=O) groups is 1. The number of nitrogens with one attached hydrogen (secondary N) is 1. The van der Waals surface area contributed by atoms with Crippen LogP contribution in [0.3, 0.4) is 0 Å². The molecule has 1 aromatic carbocycles. The van der Waals surface area contributed by atoms with Crippen LogP contribution in [0.1, 0.15) is 25.3 Å². The number of aryl methyl sites for hydroxylation is 1. The van der Waals surface area contributed by atoms with Crippen molar-refractivity contribution in [1.82, 2.24) is 10.2 Å². The number of hydrogen-bond acceptors (Lipinski definition) is 3. The zero-order valence-electron chi connectivity index (χ0n) is 13.3. The van der Waals surface area contributed by atoms with Crippen molar-refractivity contribution in [3.8, 4) is 5.75 Å². The Labute approximate surface area is 143 Å². The Kier molecular flexibility index (Phi) is 7.46. The van der Waals surface area contributed by atoms with E-state index in [1.807, 2.05) is 31.0 Å². The third kappa shape index (κ3) is 4.77. The normalized spacial score (nSPS) is 19.3. The molecule has 1 aliphatic heterocycles. The van der Waals surface area contributed by atoms with E-state index in [0.717, 1.165) is 31.5 Å². The van der Waals surface area contributed by atoms with Gasteiger partial charge in [0.2, 0.25) is 0 Å². The molecule has 1 aromatic rings. The molecule has 0 spiro atoms. The Balaban J connectivity index is 0.00000242. The average Bonchev–Trinajstić information content (AvgIpc) is 2.49. The van der Waals surface area contributed by atoms with Gasteiger partial charge in [-0.1, -0.05) is 11.6 Å². The first-order valence-electron chi connectivity index (χ1n) is 7.40. The molecule has 2 atom stereocenters. The molecule has 22 heavy (non-hydrogen) atoms. The van der Waals surface area contributed by atoms with Gasteiger partial charge >= 0.3 is 0 Å². The van der Waals surface area contributed by atoms with Gasteiger partial charge in [-0.05, 0) is 57.5 Å². The highest BCUT2D eigenvalue weighted by molar-refractivity contribution is 6.30. The molecule has 0 aromatic heterocycles. The molecule has 2 rings (SSSR count). The maximum atomic E-state index is 12.5. The van der Waals surface area contributed by atoms with E-state index in [4.69, 9.17) is 16.3 Å². The summed E-state index contributed by atoms with van der Waals surface area (Å²) < 4.78 is 5.81. The lowest BCUT2D eigenvalue weighted by molar-refractivity contribution is -0.139. The fraction of sp³-hybridized carbons (Fsp3) is 0.562. The molecule has 2 unspecified atom stereocenters. The van der Waals surface area contributed by atoms with Gasteiger partial charge in [-0.15, -0.1) is 12.4 Å². The van der Waals surface area contributed by atoms with Crippen LogP contribution in [0, 0.1) is 6.92 Å². The zero-order chi connectivity index (χ0) is 15.4. The summed E-state index contributed by atoms with van der Waals surface area (Å²) in [5, 5.41) is 3.92. The van der Waals surface area contributed by atoms with Crippen LogP contribution in [0.25, 0.3) is 0 Å². The molecule has 6 heteroatoms. The zero-order valence-corrected chi connectivity index (χ0v) is 14.8. The van der Waals surface area contributed by atoms with Crippen LogP contribution in [0.15, 0.2) is 18.2 Å². The van der Waals surface area contributed by atoms with Crippen molar-refractivity contribution >= 4 is 29.9 Å². The van der Waals surface area contributed by atoms with Crippen LogP contribution in [0.5, 0.6) is 5.75 Å². The van der Waals surface area contributed by atoms with Crippen LogP contribution >= 0.6 is 24.0 Å². The molecule has 0 radical (unpaired) electrons. The molecule has 1 fully saturated rings. The molecule has 124 valence electrons. The van der Waals surface area contributed by atoms with Crippen molar-refractivity contribution in [2.24, 2.45) is 0 Å². The van der Waals surface area contributed by atoms with Gasteiger partial charge in [0.05, 0.1) is 0 Å². The molecular formula is C16H24Cl2N2O2. The maximum absolute atomic E-state index is 12.5. The van der Waals surface area contributed by atoms with Crippen molar-refractivity contribution in [3.63, 3.8) is 0 Å². The minimum Gasteiger partial charge on any atom is -0.481 e. The van der Waals surface area contributed by atoms with E-state index in [1.165, 1.54) is 0 Å². The third-order valence-corrected chi connectivity index (χ3v) is 4.16. The lowest BCUT2D eigenvalue weighted by atomic mass is 10.1. The number of carbonyl (C=O) groups excluding carboxylic acids is 1. The number of likely N-dealkylation sites (N-methyl/N-ethyl adjacent to an activating group) is 1. The van der Waals surface area contributed by atoms with E-state index in [1.54, 1.807) is 13.0 Å². The molecule has 0 saturated carbocycles. The van der Waals surface area contributed by atoms with Crippen LogP contribution in [0.4, 0.5) is 0 Å². The van der Waals surface area contributed by atoms with Gasteiger partial charge in [0.1, 0.15) is 5.75 Å². The van der Waals surface area contributed by atoms with E-state index in [9.17, 15) is 4.79 Å². The minimum atomic E-state index is -0.486. The van der Waals surface area contributed by atoms with E-state index >= 15 is 0 Å². The molecule has 0 bridgehead atoms. The average molecular weight is 347 g/mol. The summed E-state index contributed by atoms with van der Waals surface area (Å²) in [6.07, 6.45) is 1.66. The third-order valence-electron chi connectivity index (χ3n) is 3.93. The lowest BCUT2D eigenvalue weighted by Crippen LogP contribution is -2.50. The van der Waals surface area contributed by atoms with Gasteiger partial charge in [-0.2, -0.15) is 0 Å². The van der Waals surface area contributed by atoms with Gasteiger partial charge < -0.3 is 15.0 Å². The lowest BCUT2D eigenvalue weighted by Gasteiger charge is -2.34. The molecule has 1 saturated heterocycles. The van der Waals surface area contributed by atoms with Gasteiger partial charge in [-0.3, -0.25) is 4.79 Å². The molecule has 1 N–H and O–H groups in total. The summed E-state index contributed by atoms with van der Waals surface area (Å²) in [6, 6.07) is 5.81. The number of rotatable bonds is 4. The van der Waals surface area contributed by atoms with Gasteiger partial charge in [0.15, 0.2) is 6.10 Å². The second kappa shape index (κ2) is 8.61. The van der Waals surface area contributed by atoms with Gasteiger partial charge in [0, 0.05) is 24.2 Å². The number of halogens is 2. The highest BCUT2D eigenvalue weighted by Gasteiger charge is 2.27. The van der Waals surface area contributed by atoms with Crippen LogP contribution in [-0.4, -0.2) is 43.1 Å². The van der Waals surface area contributed by atoms with Gasteiger partial charge in [0.25, 0.3) is 5.91 Å². The first kappa shape index (κ1) is 19.1. The molecule has 1 amide bonds. The maximum Gasteiger partial charge on any atom is 0.263 e. The predicted molar refractivity (Wildman–Crippen MR) is 92.2 cm³/mol. The molecule has 1 heterocycles. The molecule has 4 nitrogen and oxygen atoms in total. The summed E-state index contributed by atoms with van der Waals surface area (Å²) in [7, 11) is 1.94. The second-order valence-corrected chi connectivity index (χ2v) is 6.02. The number of hydrogen-bond donors (Lipinski definition) is 1. The number of ether oxygens (including phenoxy) is 1. The largest absolute Gasteiger partial charge is 0.481 e. The predicted octanol–water partition coefficient (Wildman–Crippen LogP) is 3.05. The number of benzene rings is 1. The van der Waals surface area contributed by atoms with E-state index in [0.29, 0.717) is 16.8 Å². The molecular weight excluding hydrogens is 323 g/mol. The summed E-state index contributed by atoms with van der Waals surface area (Å²) in [5.74, 6) is 0.756. The quantitative estimate of drug-likeness (QED) is 0.910. The Hall–Kier alpha value is -0.970. The first-order chi connectivity index (χ1) is 10.0. The number of nitrogens with zero attached hydrogens (tertiary/aromatic N) is 1. The van der Waals surface area contributed by atoms with Gasteiger partial charge in [-0.25, -0.2) is 0 Å². The Morgan fingerprint density at radius 3 is 2.86 bits per heavy atom. The number of likely N-dealkylation sites (tertiary alicyclic amines) is 1. The fourth-order valence-electron chi connectivity index (χ4n) is 2.66. The van der Waals surface area contributed by atoms with E-state index in [-0.39, 0.29) is 18.3 Å². The van der Waals surface area contributed by atoms with Crippen molar-refractivity contribution in [1.29, 1.82) is 0 Å². The Bertz CT molecular complexity index is 511. The standard InChI is InChI=1S/C16H23ClN2O2.ClH/c1-11-9-13(17)6-7-15(11)21-12(2)16(20)19-8-4-5-14(10-19)18-3;/h6-7,9,12,14,18H,4-5,8,10H2,1-3H3;1H. The van der Waals surface area contributed by atoms with E-state index in [2.05, 4.69) is 5.32 Å². The summed E-state index contributed by atoms with van der Waals surface area (Å²) in [5.41, 5.74) is 0.939. The van der Waals surface area contributed by atoms with Crippen LogP contribution in [0.2, 0.25) is 5.02 Å². The van der Waals surface area contributed by atoms with Crippen molar-refractivity contribution < 1.29 is 9.53 Å². The van der Waals surface area contributed by atoms with E-state index < -0.39 is 6.10 Å². The second-order valence-electron chi connectivity index (χ2n) is 5.58. The summed E-state index contributed by atoms with van der Waals surface area (Å²) in [6.45, 7) is 5.29. The molecule has 1 aliphatic rings. The smallest absolute Gasteiger partial charge is 0.263 e. The molecule has 0 aliphatic carbocycles. The highest BCUT2D eigenvalue weighted by Crippen LogP contribution is 2.23. The first-order valence-corrected chi connectivity index (χ1v) is 7.78. The van der Waals surface area contributed by atoms with Crippen molar-refractivity contribution in [2.45, 2.75) is 38.8 Å². The topological polar surface area (TPSA) is 41.6 Å².